The third-order valence-electron chi connectivity index (χ3n) is 4.10. The number of hydrogen-bond donors (Lipinski definition) is 2. The first kappa shape index (κ1) is 16.5. The lowest BCUT2D eigenvalue weighted by Crippen LogP contribution is -2.25. The molecular weight excluding hydrogens is 307 g/mol. The van der Waals surface area contributed by atoms with Crippen LogP contribution in [-0.4, -0.2) is 19.0 Å². The fourth-order valence-electron chi connectivity index (χ4n) is 2.74. The molecule has 2 N–H and O–H groups in total. The van der Waals surface area contributed by atoms with Crippen molar-refractivity contribution in [2.45, 2.75) is 19.4 Å². The van der Waals surface area contributed by atoms with Crippen molar-refractivity contribution in [3.63, 3.8) is 0 Å². The number of hydrogen-bond acceptors (Lipinski definition) is 3. The lowest BCUT2D eigenvalue weighted by molar-refractivity contribution is -0.122. The molecule has 1 amide bonds. The van der Waals surface area contributed by atoms with Gasteiger partial charge in [0, 0.05) is 13.0 Å². The molecule has 5 heteroatoms. The Hall–Kier alpha value is -2.40. The van der Waals surface area contributed by atoms with Gasteiger partial charge in [-0.2, -0.15) is 0 Å². The molecule has 4 nitrogen and oxygen atoms in total. The van der Waals surface area contributed by atoms with Crippen LogP contribution in [0.25, 0.3) is 0 Å². The van der Waals surface area contributed by atoms with Crippen LogP contribution in [0.2, 0.25) is 0 Å². The summed E-state index contributed by atoms with van der Waals surface area (Å²) in [5, 5.41) is 6.22. The van der Waals surface area contributed by atoms with E-state index in [2.05, 4.69) is 10.6 Å². The third-order valence-corrected chi connectivity index (χ3v) is 4.10. The van der Waals surface area contributed by atoms with Gasteiger partial charge < -0.3 is 15.4 Å². The summed E-state index contributed by atoms with van der Waals surface area (Å²) >= 11 is 0. The number of amides is 1. The number of carbonyl (C=O) groups is 1. The number of ether oxygens (including phenoxy) is 1. The van der Waals surface area contributed by atoms with Crippen molar-refractivity contribution in [1.29, 1.82) is 0 Å². The van der Waals surface area contributed by atoms with Crippen LogP contribution < -0.4 is 15.4 Å². The molecule has 0 saturated carbocycles. The van der Waals surface area contributed by atoms with Gasteiger partial charge in [-0.05, 0) is 67.4 Å². The van der Waals surface area contributed by atoms with Crippen LogP contribution in [0.3, 0.4) is 0 Å². The van der Waals surface area contributed by atoms with E-state index in [9.17, 15) is 9.18 Å². The normalized spacial score (nSPS) is 16.8. The van der Waals surface area contributed by atoms with E-state index in [-0.39, 0.29) is 11.7 Å². The van der Waals surface area contributed by atoms with Crippen LogP contribution in [0.5, 0.6) is 11.5 Å². The molecule has 1 aliphatic heterocycles. The molecule has 2 aromatic rings. The predicted octanol–water partition coefficient (Wildman–Crippen LogP) is 3.23. The molecule has 2 aromatic carbocycles. The van der Waals surface area contributed by atoms with Crippen molar-refractivity contribution in [3.05, 3.63) is 59.9 Å². The van der Waals surface area contributed by atoms with E-state index in [1.165, 1.54) is 12.1 Å². The number of carbonyl (C=O) groups excluding carboxylic acids is 1. The van der Waals surface area contributed by atoms with Gasteiger partial charge in [0.05, 0.1) is 0 Å². The summed E-state index contributed by atoms with van der Waals surface area (Å²) in [7, 11) is 0. The van der Waals surface area contributed by atoms with Crippen LogP contribution >= 0.6 is 0 Å². The predicted molar refractivity (Wildman–Crippen MR) is 90.4 cm³/mol. The zero-order valence-corrected chi connectivity index (χ0v) is 13.4. The SMILES string of the molecule is O=C(CC1CCNC1)NCc1ccc(Oc2ccc(F)cc2)cc1. The molecule has 1 heterocycles. The Kier molecular flexibility index (Phi) is 5.43. The molecule has 24 heavy (non-hydrogen) atoms. The maximum absolute atomic E-state index is 12.9. The molecule has 1 atom stereocenters. The first-order valence-corrected chi connectivity index (χ1v) is 8.19. The monoisotopic (exact) mass is 328 g/mol. The van der Waals surface area contributed by atoms with Crippen LogP contribution in [0.1, 0.15) is 18.4 Å². The molecule has 0 spiro atoms. The molecule has 126 valence electrons. The van der Waals surface area contributed by atoms with Gasteiger partial charge in [-0.3, -0.25) is 4.79 Å². The van der Waals surface area contributed by atoms with Crippen molar-refractivity contribution in [2.24, 2.45) is 5.92 Å². The van der Waals surface area contributed by atoms with Gasteiger partial charge in [-0.25, -0.2) is 4.39 Å². The summed E-state index contributed by atoms with van der Waals surface area (Å²) < 4.78 is 18.5. The summed E-state index contributed by atoms with van der Waals surface area (Å²) in [5.74, 6) is 1.52. The smallest absolute Gasteiger partial charge is 0.220 e. The summed E-state index contributed by atoms with van der Waals surface area (Å²) in [6.07, 6.45) is 1.65. The van der Waals surface area contributed by atoms with Crippen molar-refractivity contribution in [3.8, 4) is 11.5 Å². The number of rotatable bonds is 6. The number of benzene rings is 2. The third kappa shape index (κ3) is 4.80. The van der Waals surface area contributed by atoms with Gasteiger partial charge in [-0.15, -0.1) is 0 Å². The van der Waals surface area contributed by atoms with Crippen molar-refractivity contribution >= 4 is 5.91 Å². The fourth-order valence-corrected chi connectivity index (χ4v) is 2.74. The highest BCUT2D eigenvalue weighted by molar-refractivity contribution is 5.76. The minimum Gasteiger partial charge on any atom is -0.457 e. The maximum atomic E-state index is 12.9. The molecule has 3 rings (SSSR count). The second-order valence-corrected chi connectivity index (χ2v) is 6.04. The first-order valence-electron chi connectivity index (χ1n) is 8.19. The lowest BCUT2D eigenvalue weighted by atomic mass is 10.0. The Labute approximate surface area is 141 Å². The minimum absolute atomic E-state index is 0.0929. The Morgan fingerprint density at radius 1 is 1.12 bits per heavy atom. The number of halogens is 1. The quantitative estimate of drug-likeness (QED) is 0.856. The van der Waals surface area contributed by atoms with Gasteiger partial charge in [0.2, 0.25) is 5.91 Å². The number of nitrogens with one attached hydrogen (secondary N) is 2. The maximum Gasteiger partial charge on any atom is 0.220 e. The largest absolute Gasteiger partial charge is 0.457 e. The second-order valence-electron chi connectivity index (χ2n) is 6.04. The fraction of sp³-hybridized carbons (Fsp3) is 0.316. The highest BCUT2D eigenvalue weighted by Gasteiger charge is 2.17. The molecule has 0 bridgehead atoms. The molecular formula is C19H21FN2O2. The molecule has 0 aromatic heterocycles. The Balaban J connectivity index is 1.47. The van der Waals surface area contributed by atoms with E-state index in [0.29, 0.717) is 30.4 Å². The van der Waals surface area contributed by atoms with Crippen LogP contribution in [0.4, 0.5) is 4.39 Å². The highest BCUT2D eigenvalue weighted by Crippen LogP contribution is 2.21. The average Bonchev–Trinajstić information content (AvgIpc) is 3.09. The molecule has 1 aliphatic rings. The topological polar surface area (TPSA) is 50.4 Å². The van der Waals surface area contributed by atoms with E-state index in [1.807, 2.05) is 24.3 Å². The molecule has 1 fully saturated rings. The zero-order chi connectivity index (χ0) is 16.8. The molecule has 0 radical (unpaired) electrons. The average molecular weight is 328 g/mol. The summed E-state index contributed by atoms with van der Waals surface area (Å²) in [5.41, 5.74) is 1.01. The summed E-state index contributed by atoms with van der Waals surface area (Å²) in [6, 6.07) is 13.4. The van der Waals surface area contributed by atoms with Crippen molar-refractivity contribution < 1.29 is 13.9 Å². The van der Waals surface area contributed by atoms with E-state index in [0.717, 1.165) is 25.1 Å². The highest BCUT2D eigenvalue weighted by atomic mass is 19.1. The van der Waals surface area contributed by atoms with Gasteiger partial charge in [0.25, 0.3) is 0 Å². The Morgan fingerprint density at radius 2 is 1.79 bits per heavy atom. The van der Waals surface area contributed by atoms with Crippen LogP contribution in [-0.2, 0) is 11.3 Å². The second kappa shape index (κ2) is 7.93. The van der Waals surface area contributed by atoms with Gasteiger partial charge in [0.1, 0.15) is 17.3 Å². The summed E-state index contributed by atoms with van der Waals surface area (Å²) in [4.78, 5) is 11.9. The summed E-state index contributed by atoms with van der Waals surface area (Å²) in [6.45, 7) is 2.45. The standard InChI is InChI=1S/C19H21FN2O2/c20-16-3-7-18(8-4-16)24-17-5-1-14(2-6-17)13-22-19(23)11-15-9-10-21-12-15/h1-8,15,21H,9-13H2,(H,22,23). The van der Waals surface area contributed by atoms with E-state index < -0.39 is 0 Å². The van der Waals surface area contributed by atoms with Crippen molar-refractivity contribution in [2.75, 3.05) is 13.1 Å². The van der Waals surface area contributed by atoms with Gasteiger partial charge in [-0.1, -0.05) is 12.1 Å². The zero-order valence-electron chi connectivity index (χ0n) is 13.4. The van der Waals surface area contributed by atoms with Crippen molar-refractivity contribution in [1.82, 2.24) is 10.6 Å². The van der Waals surface area contributed by atoms with Crippen LogP contribution in [0, 0.1) is 11.7 Å². The Morgan fingerprint density at radius 3 is 2.42 bits per heavy atom. The van der Waals surface area contributed by atoms with Gasteiger partial charge in [0.15, 0.2) is 0 Å². The van der Waals surface area contributed by atoms with E-state index in [1.54, 1.807) is 12.1 Å². The molecule has 0 aliphatic carbocycles. The van der Waals surface area contributed by atoms with Gasteiger partial charge >= 0.3 is 0 Å². The Bertz CT molecular complexity index is 665. The van der Waals surface area contributed by atoms with E-state index >= 15 is 0 Å². The first-order chi connectivity index (χ1) is 11.7. The lowest BCUT2D eigenvalue weighted by Gasteiger charge is -2.10. The van der Waals surface area contributed by atoms with E-state index in [4.69, 9.17) is 4.74 Å². The minimum atomic E-state index is -0.290. The molecule has 1 unspecified atom stereocenters. The van der Waals surface area contributed by atoms with Crippen LogP contribution in [0.15, 0.2) is 48.5 Å². The molecule has 1 saturated heterocycles.